The molecular weight excluding hydrogens is 276 g/mol. The van der Waals surface area contributed by atoms with E-state index in [2.05, 4.69) is 66.1 Å². The Labute approximate surface area is 135 Å². The van der Waals surface area contributed by atoms with Gasteiger partial charge in [0.15, 0.2) is 0 Å². The Morgan fingerprint density at radius 1 is 1.19 bits per heavy atom. The Morgan fingerprint density at radius 3 is 2.24 bits per heavy atom. The third kappa shape index (κ3) is 6.07. The first-order valence-electron chi connectivity index (χ1n) is 8.22. The van der Waals surface area contributed by atoms with Crippen LogP contribution in [0.5, 0.6) is 0 Å². The fraction of sp³-hybridized carbons (Fsp3) is 0.833. The maximum Gasteiger partial charge on any atom is 0.0944 e. The Balaban J connectivity index is 2.72. The van der Waals surface area contributed by atoms with Gasteiger partial charge >= 0.3 is 0 Å². The van der Waals surface area contributed by atoms with Gasteiger partial charge in [-0.1, -0.05) is 55.4 Å². The molecule has 1 aromatic heterocycles. The van der Waals surface area contributed by atoms with Crippen LogP contribution < -0.4 is 5.32 Å². The van der Waals surface area contributed by atoms with E-state index in [1.165, 1.54) is 17.1 Å². The summed E-state index contributed by atoms with van der Waals surface area (Å²) < 4.78 is 0. The standard InChI is InChI=1S/C18H34N2S/c1-9-19-14(10-13(2)17(3,4)5)11-16-20-15(12-21-16)18(6,7)8/h12-14,19H,9-11H2,1-8H3. The minimum absolute atomic E-state index is 0.154. The van der Waals surface area contributed by atoms with Gasteiger partial charge in [-0.05, 0) is 24.3 Å². The van der Waals surface area contributed by atoms with Crippen molar-refractivity contribution in [2.45, 2.75) is 79.7 Å². The van der Waals surface area contributed by atoms with E-state index < -0.39 is 0 Å². The van der Waals surface area contributed by atoms with Crippen LogP contribution >= 0.6 is 11.3 Å². The SMILES string of the molecule is CCNC(Cc1nc(C(C)(C)C)cs1)CC(C)C(C)(C)C. The molecule has 0 spiro atoms. The van der Waals surface area contributed by atoms with Gasteiger partial charge in [-0.2, -0.15) is 0 Å². The predicted octanol–water partition coefficient (Wildman–Crippen LogP) is 5.03. The molecule has 1 rings (SSSR count). The summed E-state index contributed by atoms with van der Waals surface area (Å²) in [4.78, 5) is 4.85. The lowest BCUT2D eigenvalue weighted by atomic mass is 9.78. The van der Waals surface area contributed by atoms with E-state index in [0.29, 0.717) is 17.4 Å². The van der Waals surface area contributed by atoms with Gasteiger partial charge in [-0.3, -0.25) is 0 Å². The van der Waals surface area contributed by atoms with Crippen LogP contribution in [0.25, 0.3) is 0 Å². The van der Waals surface area contributed by atoms with Gasteiger partial charge in [0.2, 0.25) is 0 Å². The molecular formula is C18H34N2S. The van der Waals surface area contributed by atoms with E-state index in [9.17, 15) is 0 Å². The highest BCUT2D eigenvalue weighted by Gasteiger charge is 2.24. The average Bonchev–Trinajstić information content (AvgIpc) is 2.76. The van der Waals surface area contributed by atoms with Crippen molar-refractivity contribution >= 4 is 11.3 Å². The Hall–Kier alpha value is -0.410. The van der Waals surface area contributed by atoms with Crippen molar-refractivity contribution in [2.75, 3.05) is 6.54 Å². The molecule has 0 saturated carbocycles. The molecule has 0 amide bonds. The molecule has 0 aliphatic carbocycles. The van der Waals surface area contributed by atoms with Crippen LogP contribution in [0.4, 0.5) is 0 Å². The van der Waals surface area contributed by atoms with E-state index in [1.54, 1.807) is 0 Å². The fourth-order valence-corrected chi connectivity index (χ4v) is 3.37. The summed E-state index contributed by atoms with van der Waals surface area (Å²) in [5.41, 5.74) is 1.75. The van der Waals surface area contributed by atoms with Crippen LogP contribution in [0.2, 0.25) is 0 Å². The molecule has 0 fully saturated rings. The van der Waals surface area contributed by atoms with E-state index in [0.717, 1.165) is 13.0 Å². The summed E-state index contributed by atoms with van der Waals surface area (Å²) >= 11 is 1.81. The largest absolute Gasteiger partial charge is 0.314 e. The molecule has 0 radical (unpaired) electrons. The average molecular weight is 311 g/mol. The highest BCUT2D eigenvalue weighted by atomic mass is 32.1. The zero-order valence-electron chi connectivity index (χ0n) is 15.2. The van der Waals surface area contributed by atoms with Gasteiger partial charge in [-0.15, -0.1) is 11.3 Å². The number of thiazole rings is 1. The molecule has 2 nitrogen and oxygen atoms in total. The van der Waals surface area contributed by atoms with Crippen LogP contribution in [0.1, 0.15) is 72.5 Å². The first kappa shape index (κ1) is 18.6. The van der Waals surface area contributed by atoms with Crippen molar-refractivity contribution in [2.24, 2.45) is 11.3 Å². The normalized spacial score (nSPS) is 16.0. The number of likely N-dealkylation sites (N-methyl/N-ethyl adjacent to an activating group) is 1. The van der Waals surface area contributed by atoms with Gasteiger partial charge in [0.25, 0.3) is 0 Å². The van der Waals surface area contributed by atoms with Gasteiger partial charge in [-0.25, -0.2) is 4.98 Å². The smallest absolute Gasteiger partial charge is 0.0944 e. The van der Waals surface area contributed by atoms with Crippen molar-refractivity contribution in [1.29, 1.82) is 0 Å². The molecule has 0 aliphatic heterocycles. The lowest BCUT2D eigenvalue weighted by molar-refractivity contribution is 0.222. The van der Waals surface area contributed by atoms with Crippen molar-refractivity contribution in [3.63, 3.8) is 0 Å². The lowest BCUT2D eigenvalue weighted by Gasteiger charge is -2.31. The molecule has 0 aliphatic rings. The second-order valence-electron chi connectivity index (χ2n) is 8.34. The maximum absolute atomic E-state index is 4.85. The molecule has 21 heavy (non-hydrogen) atoms. The monoisotopic (exact) mass is 310 g/mol. The van der Waals surface area contributed by atoms with Crippen LogP contribution in [-0.2, 0) is 11.8 Å². The molecule has 0 saturated heterocycles. The number of aromatic nitrogens is 1. The van der Waals surface area contributed by atoms with Crippen molar-refractivity contribution in [3.05, 3.63) is 16.1 Å². The summed E-state index contributed by atoms with van der Waals surface area (Å²) in [5.74, 6) is 0.698. The number of nitrogens with zero attached hydrogens (tertiary/aromatic N) is 1. The van der Waals surface area contributed by atoms with Crippen molar-refractivity contribution < 1.29 is 0 Å². The summed E-state index contributed by atoms with van der Waals surface area (Å²) in [7, 11) is 0. The zero-order chi connectivity index (χ0) is 16.3. The fourth-order valence-electron chi connectivity index (χ4n) is 2.27. The third-order valence-electron chi connectivity index (χ3n) is 4.35. The Kier molecular flexibility index (Phi) is 6.42. The number of rotatable bonds is 6. The van der Waals surface area contributed by atoms with E-state index >= 15 is 0 Å². The molecule has 3 heteroatoms. The number of nitrogens with one attached hydrogen (secondary N) is 1. The second-order valence-corrected chi connectivity index (χ2v) is 9.28. The first-order valence-corrected chi connectivity index (χ1v) is 9.10. The van der Waals surface area contributed by atoms with Crippen LogP contribution in [0, 0.1) is 11.3 Å². The van der Waals surface area contributed by atoms with Gasteiger partial charge in [0.1, 0.15) is 0 Å². The third-order valence-corrected chi connectivity index (χ3v) is 5.22. The second kappa shape index (κ2) is 7.23. The quantitative estimate of drug-likeness (QED) is 0.796. The molecule has 122 valence electrons. The van der Waals surface area contributed by atoms with Crippen LogP contribution in [0.3, 0.4) is 0 Å². The van der Waals surface area contributed by atoms with Gasteiger partial charge in [0.05, 0.1) is 10.7 Å². The van der Waals surface area contributed by atoms with Crippen molar-refractivity contribution in [1.82, 2.24) is 10.3 Å². The Morgan fingerprint density at radius 2 is 1.81 bits per heavy atom. The minimum atomic E-state index is 0.154. The molecule has 2 atom stereocenters. The predicted molar refractivity (Wildman–Crippen MR) is 95.2 cm³/mol. The van der Waals surface area contributed by atoms with E-state index in [1.807, 2.05) is 11.3 Å². The van der Waals surface area contributed by atoms with Crippen molar-refractivity contribution in [3.8, 4) is 0 Å². The van der Waals surface area contributed by atoms with Gasteiger partial charge in [0, 0.05) is 23.3 Å². The minimum Gasteiger partial charge on any atom is -0.314 e. The number of hydrogen-bond acceptors (Lipinski definition) is 3. The first-order chi connectivity index (χ1) is 9.54. The van der Waals surface area contributed by atoms with E-state index in [4.69, 9.17) is 4.98 Å². The highest BCUT2D eigenvalue weighted by molar-refractivity contribution is 7.09. The van der Waals surface area contributed by atoms with Crippen LogP contribution in [0.15, 0.2) is 5.38 Å². The highest BCUT2D eigenvalue weighted by Crippen LogP contribution is 2.30. The molecule has 2 unspecified atom stereocenters. The summed E-state index contributed by atoms with van der Waals surface area (Å²) in [5, 5.41) is 7.15. The Bertz CT molecular complexity index is 423. The molecule has 1 aromatic rings. The summed E-state index contributed by atoms with van der Waals surface area (Å²) in [6, 6.07) is 0.531. The van der Waals surface area contributed by atoms with Gasteiger partial charge < -0.3 is 5.32 Å². The zero-order valence-corrected chi connectivity index (χ0v) is 16.0. The summed E-state index contributed by atoms with van der Waals surface area (Å²) in [6.45, 7) is 19.3. The lowest BCUT2D eigenvalue weighted by Crippen LogP contribution is -2.35. The molecule has 0 bridgehead atoms. The molecule has 1 N–H and O–H groups in total. The summed E-state index contributed by atoms with van der Waals surface area (Å²) in [6.07, 6.45) is 2.26. The molecule has 0 aromatic carbocycles. The molecule has 1 heterocycles. The topological polar surface area (TPSA) is 24.9 Å². The van der Waals surface area contributed by atoms with Crippen LogP contribution in [-0.4, -0.2) is 17.6 Å². The van der Waals surface area contributed by atoms with E-state index in [-0.39, 0.29) is 5.41 Å². The number of hydrogen-bond donors (Lipinski definition) is 1. The maximum atomic E-state index is 4.85.